The van der Waals surface area contributed by atoms with Crippen LogP contribution in [0.3, 0.4) is 0 Å². The number of allylic oxidation sites excluding steroid dienone is 1. The van der Waals surface area contributed by atoms with Crippen molar-refractivity contribution in [2.24, 2.45) is 0 Å². The van der Waals surface area contributed by atoms with Gasteiger partial charge in [0.15, 0.2) is 5.78 Å². The summed E-state index contributed by atoms with van der Waals surface area (Å²) in [5.41, 5.74) is 9.13. The smallest absolute Gasteiger partial charge is 0.163 e. The lowest BCUT2D eigenvalue weighted by molar-refractivity contribution is -0.116. The van der Waals surface area contributed by atoms with Gasteiger partial charge in [0.1, 0.15) is 0 Å². The molecule has 0 spiro atoms. The lowest BCUT2D eigenvalue weighted by Crippen LogP contribution is -2.27. The fraction of sp³-hybridized carbons (Fsp3) is 0.364. The van der Waals surface area contributed by atoms with E-state index in [1.165, 1.54) is 16.7 Å². The number of rotatable bonds is 2. The minimum atomic E-state index is -0.179. The molecule has 2 N–H and O–H groups in total. The fourth-order valence-electron chi connectivity index (χ4n) is 5.41. The molecule has 36 heavy (non-hydrogen) atoms. The van der Waals surface area contributed by atoms with Crippen LogP contribution >= 0.6 is 0 Å². The Morgan fingerprint density at radius 1 is 0.667 bits per heavy atom. The van der Waals surface area contributed by atoms with Gasteiger partial charge >= 0.3 is 0 Å². The molecule has 3 aromatic rings. The molecule has 3 aromatic carbocycles. The summed E-state index contributed by atoms with van der Waals surface area (Å²) < 4.78 is 0. The molecule has 2 unspecified atom stereocenters. The number of nitrogens with one attached hydrogen (secondary N) is 2. The van der Waals surface area contributed by atoms with Gasteiger partial charge in [0.25, 0.3) is 0 Å². The van der Waals surface area contributed by atoms with Crippen molar-refractivity contribution in [3.05, 3.63) is 106 Å². The fourth-order valence-corrected chi connectivity index (χ4v) is 5.41. The van der Waals surface area contributed by atoms with Gasteiger partial charge in [0.05, 0.1) is 17.4 Å². The number of Topliss-reactive ketones (excluding diaryl/α,β-unsaturated/α-hetero) is 1. The van der Waals surface area contributed by atoms with E-state index in [1.54, 1.807) is 0 Å². The predicted octanol–water partition coefficient (Wildman–Crippen LogP) is 8.26. The highest BCUT2D eigenvalue weighted by Crippen LogP contribution is 2.44. The van der Waals surface area contributed by atoms with Gasteiger partial charge in [-0.25, -0.2) is 0 Å². The van der Waals surface area contributed by atoms with Crippen LogP contribution in [0.1, 0.15) is 88.6 Å². The summed E-state index contributed by atoms with van der Waals surface area (Å²) in [7, 11) is 0. The lowest BCUT2D eigenvalue weighted by Gasteiger charge is -2.30. The first-order valence-electron chi connectivity index (χ1n) is 13.1. The van der Waals surface area contributed by atoms with Crippen molar-refractivity contribution in [3.63, 3.8) is 0 Å². The van der Waals surface area contributed by atoms with Gasteiger partial charge in [-0.2, -0.15) is 0 Å². The molecule has 5 rings (SSSR count). The minimum Gasteiger partial charge on any atom is -0.372 e. The molecule has 0 amide bonds. The minimum absolute atomic E-state index is 0.0877. The second-order valence-electron chi connectivity index (χ2n) is 12.4. The first-order chi connectivity index (χ1) is 17.0. The zero-order valence-corrected chi connectivity index (χ0v) is 22.4. The number of carbonyl (C=O) groups is 1. The van der Waals surface area contributed by atoms with Crippen LogP contribution in [0.2, 0.25) is 0 Å². The summed E-state index contributed by atoms with van der Waals surface area (Å²) in [4.78, 5) is 13.8. The van der Waals surface area contributed by atoms with E-state index in [0.717, 1.165) is 34.6 Å². The Hall–Kier alpha value is -3.33. The highest BCUT2D eigenvalue weighted by molar-refractivity contribution is 6.01. The number of para-hydroxylation sites is 2. The van der Waals surface area contributed by atoms with Gasteiger partial charge in [-0.1, -0.05) is 102 Å². The normalized spacial score (nSPS) is 20.1. The third-order valence-corrected chi connectivity index (χ3v) is 7.67. The van der Waals surface area contributed by atoms with Gasteiger partial charge in [-0.05, 0) is 57.6 Å². The van der Waals surface area contributed by atoms with Gasteiger partial charge < -0.3 is 10.6 Å². The highest BCUT2D eigenvalue weighted by atomic mass is 16.1. The maximum Gasteiger partial charge on any atom is 0.163 e. The Morgan fingerprint density at radius 2 is 1.19 bits per heavy atom. The van der Waals surface area contributed by atoms with E-state index in [2.05, 4.69) is 113 Å². The second-order valence-corrected chi connectivity index (χ2v) is 12.4. The Labute approximate surface area is 216 Å². The average Bonchev–Trinajstić information content (AvgIpc) is 3.00. The maximum absolute atomic E-state index is 13.8. The molecule has 0 saturated heterocycles. The van der Waals surface area contributed by atoms with Gasteiger partial charge in [0, 0.05) is 17.7 Å². The van der Waals surface area contributed by atoms with E-state index in [4.69, 9.17) is 0 Å². The third-order valence-electron chi connectivity index (χ3n) is 7.67. The van der Waals surface area contributed by atoms with Crippen molar-refractivity contribution in [2.45, 2.75) is 77.2 Å². The van der Waals surface area contributed by atoms with Crippen molar-refractivity contribution in [1.82, 2.24) is 0 Å². The van der Waals surface area contributed by atoms with Gasteiger partial charge in [-0.15, -0.1) is 0 Å². The zero-order chi connectivity index (χ0) is 25.7. The second kappa shape index (κ2) is 8.96. The first-order valence-corrected chi connectivity index (χ1v) is 13.1. The monoisotopic (exact) mass is 478 g/mol. The van der Waals surface area contributed by atoms with Crippen LogP contribution < -0.4 is 10.6 Å². The van der Waals surface area contributed by atoms with Gasteiger partial charge in [-0.3, -0.25) is 4.79 Å². The predicted molar refractivity (Wildman–Crippen MR) is 151 cm³/mol. The summed E-state index contributed by atoms with van der Waals surface area (Å²) in [6.45, 7) is 13.4. The Kier molecular flexibility index (Phi) is 6.06. The number of hydrogen-bond acceptors (Lipinski definition) is 3. The molecule has 2 atom stereocenters. The molecule has 186 valence electrons. The van der Waals surface area contributed by atoms with Crippen LogP contribution in [-0.4, -0.2) is 5.78 Å². The van der Waals surface area contributed by atoms with Crippen molar-refractivity contribution in [2.75, 3.05) is 10.6 Å². The molecule has 3 heteroatoms. The standard InChI is InChI=1S/C33H38N2O/c1-32(2,3)24-15-11-21(12-16-24)23-19-28-30(29(36)20-23)31(35-27-10-8-7-9-26(27)34-28)22-13-17-25(18-14-22)33(4,5)6/h7-18,23,31,34-35H,19-20H2,1-6H3. The summed E-state index contributed by atoms with van der Waals surface area (Å²) in [6, 6.07) is 25.7. The first kappa shape index (κ1) is 24.4. The maximum atomic E-state index is 13.8. The summed E-state index contributed by atoms with van der Waals surface area (Å²) >= 11 is 0. The molecule has 2 aliphatic rings. The zero-order valence-electron chi connectivity index (χ0n) is 22.4. The van der Waals surface area contributed by atoms with Crippen LogP contribution in [0.5, 0.6) is 0 Å². The number of fused-ring (bicyclic) bond motifs is 1. The van der Waals surface area contributed by atoms with E-state index in [-0.39, 0.29) is 28.6 Å². The van der Waals surface area contributed by atoms with E-state index >= 15 is 0 Å². The Balaban J connectivity index is 1.53. The Bertz CT molecular complexity index is 1300. The molecular weight excluding hydrogens is 440 g/mol. The van der Waals surface area contributed by atoms with E-state index in [1.807, 2.05) is 12.1 Å². The topological polar surface area (TPSA) is 41.1 Å². The average molecular weight is 479 g/mol. The van der Waals surface area contributed by atoms with Crippen LogP contribution in [-0.2, 0) is 15.6 Å². The highest BCUT2D eigenvalue weighted by Gasteiger charge is 2.36. The number of carbonyl (C=O) groups excluding carboxylic acids is 1. The summed E-state index contributed by atoms with van der Waals surface area (Å²) in [6.07, 6.45) is 1.35. The third kappa shape index (κ3) is 4.72. The van der Waals surface area contributed by atoms with Crippen molar-refractivity contribution >= 4 is 17.2 Å². The van der Waals surface area contributed by atoms with E-state index in [0.29, 0.717) is 6.42 Å². The number of benzene rings is 3. The largest absolute Gasteiger partial charge is 0.372 e. The molecule has 0 aromatic heterocycles. The molecule has 0 radical (unpaired) electrons. The molecule has 0 bridgehead atoms. The van der Waals surface area contributed by atoms with E-state index < -0.39 is 0 Å². The molecular formula is C33H38N2O. The number of anilines is 2. The quantitative estimate of drug-likeness (QED) is 0.389. The molecule has 0 fully saturated rings. The molecule has 3 nitrogen and oxygen atoms in total. The van der Waals surface area contributed by atoms with Gasteiger partial charge in [0.2, 0.25) is 0 Å². The summed E-state index contributed by atoms with van der Waals surface area (Å²) in [5, 5.41) is 7.36. The molecule has 1 aliphatic heterocycles. The van der Waals surface area contributed by atoms with Crippen LogP contribution in [0.25, 0.3) is 0 Å². The number of ketones is 1. The molecule has 1 aliphatic carbocycles. The van der Waals surface area contributed by atoms with Crippen molar-refractivity contribution in [1.29, 1.82) is 0 Å². The lowest BCUT2D eigenvalue weighted by atomic mass is 9.77. The van der Waals surface area contributed by atoms with Crippen LogP contribution in [0.4, 0.5) is 11.4 Å². The SMILES string of the molecule is CC(C)(C)c1ccc(C2CC(=O)C3=C(C2)Nc2ccccc2NC3c2ccc(C(C)(C)C)cc2)cc1. The van der Waals surface area contributed by atoms with Crippen molar-refractivity contribution in [3.8, 4) is 0 Å². The Morgan fingerprint density at radius 3 is 1.75 bits per heavy atom. The molecule has 0 saturated carbocycles. The van der Waals surface area contributed by atoms with Crippen LogP contribution in [0.15, 0.2) is 84.1 Å². The van der Waals surface area contributed by atoms with Crippen molar-refractivity contribution < 1.29 is 4.79 Å². The summed E-state index contributed by atoms with van der Waals surface area (Å²) in [5.74, 6) is 0.394. The molecule has 1 heterocycles. The van der Waals surface area contributed by atoms with Crippen LogP contribution in [0, 0.1) is 0 Å². The van der Waals surface area contributed by atoms with E-state index in [9.17, 15) is 4.79 Å². The number of hydrogen-bond donors (Lipinski definition) is 2.